The molecule has 0 aromatic heterocycles. The summed E-state index contributed by atoms with van der Waals surface area (Å²) in [5.41, 5.74) is 3.09. The Morgan fingerprint density at radius 3 is 2.49 bits per heavy atom. The first kappa shape index (κ1) is 29.0. The van der Waals surface area contributed by atoms with Gasteiger partial charge in [0.25, 0.3) is 0 Å². The summed E-state index contributed by atoms with van der Waals surface area (Å²) in [6.45, 7) is 8.18. The fourth-order valence-corrected chi connectivity index (χ4v) is 6.89. The van der Waals surface area contributed by atoms with Crippen molar-refractivity contribution in [3.63, 3.8) is 0 Å². The number of fused-ring (bicyclic) bond motifs is 2. The summed E-state index contributed by atoms with van der Waals surface area (Å²) < 4.78 is 0. The van der Waals surface area contributed by atoms with Crippen molar-refractivity contribution < 1.29 is 14.4 Å². The lowest BCUT2D eigenvalue weighted by atomic mass is 9.96. The van der Waals surface area contributed by atoms with E-state index in [-0.39, 0.29) is 35.6 Å². The molecule has 0 bridgehead atoms. The van der Waals surface area contributed by atoms with E-state index in [9.17, 15) is 14.4 Å². The monoisotopic (exact) mass is 572 g/mol. The van der Waals surface area contributed by atoms with Gasteiger partial charge in [-0.1, -0.05) is 62.4 Å². The van der Waals surface area contributed by atoms with Crippen LogP contribution in [0.4, 0.5) is 11.4 Å². The number of hydrogen-bond acceptors (Lipinski definition) is 5. The molecule has 0 saturated carbocycles. The molecule has 3 aromatic rings. The van der Waals surface area contributed by atoms with Crippen LogP contribution in [0, 0.1) is 11.8 Å². The Morgan fingerprint density at radius 1 is 1.00 bits per heavy atom. The maximum Gasteiger partial charge on any atom is 0.227 e. The minimum atomic E-state index is -0.119. The molecule has 41 heavy (non-hydrogen) atoms. The van der Waals surface area contributed by atoms with Gasteiger partial charge in [0.05, 0.1) is 22.3 Å². The van der Waals surface area contributed by atoms with E-state index >= 15 is 0 Å². The molecule has 3 amide bonds. The van der Waals surface area contributed by atoms with Gasteiger partial charge in [0.2, 0.25) is 17.7 Å². The van der Waals surface area contributed by atoms with Gasteiger partial charge in [-0.25, -0.2) is 0 Å². The van der Waals surface area contributed by atoms with Crippen LogP contribution < -0.4 is 15.5 Å². The summed E-state index contributed by atoms with van der Waals surface area (Å²) in [4.78, 5) is 43.2. The fraction of sp³-hybridized carbons (Fsp3) is 0.424. The molecular weight excluding hydrogens is 532 g/mol. The van der Waals surface area contributed by atoms with Crippen molar-refractivity contribution in [1.82, 2.24) is 10.2 Å². The topological polar surface area (TPSA) is 81.8 Å². The minimum Gasteiger partial charge on any atom is -0.364 e. The second-order valence-corrected chi connectivity index (χ2v) is 12.3. The standard InChI is InChI=1S/C33H40N4O3S/c1-4-22(2)32(39)34-27-20-37(19-26-11-7-10-24-9-5-6-12-28(24)26)30-14-8-13-29(31(30)41-21-27)35-33(40)25-15-17-36(18-16-25)23(3)38/h5-14,22,25,27H,4,15-21H2,1-3H3,(H,34,39)(H,35,40)/t22-,27-/m1/s1. The Morgan fingerprint density at radius 2 is 1.73 bits per heavy atom. The van der Waals surface area contributed by atoms with Gasteiger partial charge < -0.3 is 20.4 Å². The number of nitrogens with one attached hydrogen (secondary N) is 2. The molecule has 1 fully saturated rings. The molecule has 0 spiro atoms. The van der Waals surface area contributed by atoms with Crippen LogP contribution in [0.1, 0.15) is 45.6 Å². The summed E-state index contributed by atoms with van der Waals surface area (Å²) in [5.74, 6) is 0.710. The molecule has 3 aromatic carbocycles. The maximum atomic E-state index is 13.4. The Hall–Kier alpha value is -3.52. The zero-order valence-electron chi connectivity index (χ0n) is 24.2. The van der Waals surface area contributed by atoms with E-state index in [0.29, 0.717) is 44.8 Å². The predicted molar refractivity (Wildman–Crippen MR) is 167 cm³/mol. The van der Waals surface area contributed by atoms with E-state index in [0.717, 1.165) is 22.7 Å². The van der Waals surface area contributed by atoms with Crippen LogP contribution in [0.25, 0.3) is 10.8 Å². The van der Waals surface area contributed by atoms with Crippen LogP contribution in [0.15, 0.2) is 65.6 Å². The second kappa shape index (κ2) is 13.0. The highest BCUT2D eigenvalue weighted by Gasteiger charge is 2.30. The smallest absolute Gasteiger partial charge is 0.227 e. The van der Waals surface area contributed by atoms with Crippen LogP contribution in [0.5, 0.6) is 0 Å². The van der Waals surface area contributed by atoms with Crippen molar-refractivity contribution in [2.24, 2.45) is 11.8 Å². The van der Waals surface area contributed by atoms with Crippen molar-refractivity contribution in [3.05, 3.63) is 66.2 Å². The van der Waals surface area contributed by atoms with E-state index < -0.39 is 0 Å². The van der Waals surface area contributed by atoms with Gasteiger partial charge in [0.15, 0.2) is 0 Å². The Labute approximate surface area is 247 Å². The summed E-state index contributed by atoms with van der Waals surface area (Å²) in [7, 11) is 0. The van der Waals surface area contributed by atoms with Crippen LogP contribution in [0.2, 0.25) is 0 Å². The molecule has 0 aliphatic carbocycles. The fourth-order valence-electron chi connectivity index (χ4n) is 5.72. The lowest BCUT2D eigenvalue weighted by Crippen LogP contribution is -2.46. The summed E-state index contributed by atoms with van der Waals surface area (Å²) in [5, 5.41) is 8.95. The molecule has 2 aliphatic heterocycles. The summed E-state index contributed by atoms with van der Waals surface area (Å²) >= 11 is 1.69. The van der Waals surface area contributed by atoms with Crippen molar-refractivity contribution in [2.45, 2.75) is 57.5 Å². The average Bonchev–Trinajstić information content (AvgIpc) is 3.16. The quantitative estimate of drug-likeness (QED) is 0.381. The van der Waals surface area contributed by atoms with E-state index in [4.69, 9.17) is 0 Å². The molecular formula is C33H40N4O3S. The lowest BCUT2D eigenvalue weighted by molar-refractivity contribution is -0.132. The molecule has 0 radical (unpaired) electrons. The van der Waals surface area contributed by atoms with Gasteiger partial charge in [-0.2, -0.15) is 0 Å². The SMILES string of the molecule is CC[C@@H](C)C(=O)N[C@H]1CSc2c(NC(=O)C3CCN(C(C)=O)CC3)cccc2N(Cc2cccc3ccccc23)C1. The molecule has 2 aliphatic rings. The van der Waals surface area contributed by atoms with E-state index in [1.165, 1.54) is 16.3 Å². The van der Waals surface area contributed by atoms with Gasteiger partial charge >= 0.3 is 0 Å². The molecule has 2 N–H and O–H groups in total. The first-order valence-corrected chi connectivity index (χ1v) is 15.7. The second-order valence-electron chi connectivity index (χ2n) is 11.3. The van der Waals surface area contributed by atoms with E-state index in [2.05, 4.69) is 64.1 Å². The van der Waals surface area contributed by atoms with Crippen LogP contribution in [-0.2, 0) is 20.9 Å². The van der Waals surface area contributed by atoms with Gasteiger partial charge in [-0.3, -0.25) is 14.4 Å². The normalized spacial score (nSPS) is 18.4. The minimum absolute atomic E-state index is 0.00803. The third-order valence-electron chi connectivity index (χ3n) is 8.42. The summed E-state index contributed by atoms with van der Waals surface area (Å²) in [6, 6.07) is 20.9. The van der Waals surface area contributed by atoms with Gasteiger partial charge in [-0.05, 0) is 47.7 Å². The Bertz CT molecular complexity index is 1410. The van der Waals surface area contributed by atoms with E-state index in [1.807, 2.05) is 30.9 Å². The number of rotatable bonds is 7. The highest BCUT2D eigenvalue weighted by molar-refractivity contribution is 7.99. The summed E-state index contributed by atoms with van der Waals surface area (Å²) in [6.07, 6.45) is 2.14. The number of amides is 3. The van der Waals surface area contributed by atoms with Crippen LogP contribution in [0.3, 0.4) is 0 Å². The number of piperidine rings is 1. The van der Waals surface area contributed by atoms with Gasteiger partial charge in [0, 0.05) is 50.7 Å². The molecule has 8 heteroatoms. The number of likely N-dealkylation sites (tertiary alicyclic amines) is 1. The Balaban J connectivity index is 1.42. The zero-order chi connectivity index (χ0) is 28.9. The maximum absolute atomic E-state index is 13.4. The Kier molecular flexibility index (Phi) is 9.18. The molecule has 2 atom stereocenters. The lowest BCUT2D eigenvalue weighted by Gasteiger charge is -2.31. The van der Waals surface area contributed by atoms with Crippen molar-refractivity contribution in [1.29, 1.82) is 0 Å². The average molecular weight is 573 g/mol. The number of carbonyl (C=O) groups excluding carboxylic acids is 3. The van der Waals surface area contributed by atoms with Crippen molar-refractivity contribution in [3.8, 4) is 0 Å². The van der Waals surface area contributed by atoms with Gasteiger partial charge in [-0.15, -0.1) is 11.8 Å². The van der Waals surface area contributed by atoms with E-state index in [1.54, 1.807) is 18.7 Å². The van der Waals surface area contributed by atoms with Crippen LogP contribution in [-0.4, -0.2) is 54.1 Å². The number of benzene rings is 3. The molecule has 5 rings (SSSR count). The van der Waals surface area contributed by atoms with Crippen molar-refractivity contribution >= 4 is 51.6 Å². The van der Waals surface area contributed by atoms with Crippen molar-refractivity contribution in [2.75, 3.05) is 35.6 Å². The zero-order valence-corrected chi connectivity index (χ0v) is 25.0. The number of nitrogens with zero attached hydrogens (tertiary/aromatic N) is 2. The van der Waals surface area contributed by atoms with Crippen LogP contribution >= 0.6 is 11.8 Å². The highest BCUT2D eigenvalue weighted by atomic mass is 32.2. The van der Waals surface area contributed by atoms with Gasteiger partial charge in [0.1, 0.15) is 0 Å². The molecule has 2 heterocycles. The molecule has 0 unspecified atom stereocenters. The molecule has 7 nitrogen and oxygen atoms in total. The number of hydrogen-bond donors (Lipinski definition) is 2. The first-order chi connectivity index (χ1) is 19.8. The molecule has 216 valence electrons. The third kappa shape index (κ3) is 6.70. The third-order valence-corrected chi connectivity index (χ3v) is 9.71. The number of thioether (sulfide) groups is 1. The largest absolute Gasteiger partial charge is 0.364 e. The number of anilines is 2. The highest BCUT2D eigenvalue weighted by Crippen LogP contribution is 2.41. The number of carbonyl (C=O) groups is 3. The molecule has 1 saturated heterocycles. The predicted octanol–water partition coefficient (Wildman–Crippen LogP) is 5.68. The first-order valence-electron chi connectivity index (χ1n) is 14.7.